The molecule has 0 unspecified atom stereocenters. The Morgan fingerprint density at radius 1 is 1.17 bits per heavy atom. The summed E-state index contributed by atoms with van der Waals surface area (Å²) in [5, 5.41) is 10.8. The lowest BCUT2D eigenvalue weighted by Crippen LogP contribution is -2.38. The van der Waals surface area contributed by atoms with Crippen molar-refractivity contribution in [3.8, 4) is 16.9 Å². The minimum atomic E-state index is -0.771. The molecule has 1 saturated heterocycles. The molecular weight excluding hydrogens is 448 g/mol. The van der Waals surface area contributed by atoms with Crippen LogP contribution < -0.4 is 4.74 Å². The lowest BCUT2D eigenvalue weighted by Gasteiger charge is -2.33. The molecule has 0 amide bonds. The average Bonchev–Trinajstić information content (AvgIpc) is 2.88. The first-order valence-electron chi connectivity index (χ1n) is 11.7. The zero-order chi connectivity index (χ0) is 25.4. The molecule has 0 aliphatic carbocycles. The summed E-state index contributed by atoms with van der Waals surface area (Å²) in [5.41, 5.74) is 9.31. The lowest BCUT2D eigenvalue weighted by atomic mass is 9.97. The van der Waals surface area contributed by atoms with Crippen LogP contribution in [0.1, 0.15) is 38.7 Å². The summed E-state index contributed by atoms with van der Waals surface area (Å²) >= 11 is 0. The molecule has 35 heavy (non-hydrogen) atoms. The van der Waals surface area contributed by atoms with Gasteiger partial charge in [-0.05, 0) is 67.0 Å². The number of benzene rings is 2. The van der Waals surface area contributed by atoms with E-state index in [1.54, 1.807) is 24.3 Å². The maximum Gasteiger partial charge on any atom is 0.190 e. The Labute approximate surface area is 205 Å². The van der Waals surface area contributed by atoms with Gasteiger partial charge < -0.3 is 9.64 Å². The van der Waals surface area contributed by atoms with E-state index in [-0.39, 0.29) is 24.1 Å². The van der Waals surface area contributed by atoms with Crippen LogP contribution in [0.2, 0.25) is 0 Å². The van der Waals surface area contributed by atoms with Crippen molar-refractivity contribution >= 4 is 11.7 Å². The van der Waals surface area contributed by atoms with Crippen LogP contribution in [0.15, 0.2) is 70.9 Å². The number of nitrogens with one attached hydrogen (secondary N) is 2. The topological polar surface area (TPSA) is 84.9 Å². The first-order valence-corrected chi connectivity index (χ1v) is 11.7. The van der Waals surface area contributed by atoms with Crippen molar-refractivity contribution in [2.45, 2.75) is 33.1 Å². The molecule has 1 aliphatic rings. The van der Waals surface area contributed by atoms with E-state index in [2.05, 4.69) is 28.5 Å². The van der Waals surface area contributed by atoms with E-state index in [0.717, 1.165) is 43.8 Å². The number of rotatable bonds is 8. The maximum atomic E-state index is 14.8. The highest BCUT2D eigenvalue weighted by Gasteiger charge is 2.22. The van der Waals surface area contributed by atoms with Gasteiger partial charge in [0.1, 0.15) is 5.84 Å². The number of likely N-dealkylation sites (tertiary alicyclic amines) is 1. The van der Waals surface area contributed by atoms with Gasteiger partial charge in [0.2, 0.25) is 0 Å². The van der Waals surface area contributed by atoms with Crippen molar-refractivity contribution in [1.29, 1.82) is 10.9 Å². The number of hydrogen-bond donors (Lipinski definition) is 2. The van der Waals surface area contributed by atoms with Gasteiger partial charge in [-0.2, -0.15) is 0 Å². The molecule has 1 fully saturated rings. The van der Waals surface area contributed by atoms with Gasteiger partial charge in [-0.25, -0.2) is 19.3 Å². The van der Waals surface area contributed by atoms with Gasteiger partial charge in [-0.3, -0.25) is 5.41 Å². The molecule has 0 atom stereocenters. The van der Waals surface area contributed by atoms with Crippen LogP contribution in [-0.4, -0.2) is 36.3 Å². The third-order valence-corrected chi connectivity index (χ3v) is 6.20. The SMILES string of the molecule is C=C/C(=C\N=C(C)N1CCC(COc2c(F)cc(-c3cccc(C(=N)N=N)c3)cc2F)CC1)CC. The van der Waals surface area contributed by atoms with Crippen LogP contribution in [-0.2, 0) is 0 Å². The first-order chi connectivity index (χ1) is 16.9. The van der Waals surface area contributed by atoms with E-state index in [4.69, 9.17) is 15.7 Å². The van der Waals surface area contributed by atoms with E-state index in [9.17, 15) is 8.78 Å². The second-order valence-corrected chi connectivity index (χ2v) is 8.49. The van der Waals surface area contributed by atoms with Crippen molar-refractivity contribution in [3.63, 3.8) is 0 Å². The van der Waals surface area contributed by atoms with Gasteiger partial charge in [0.25, 0.3) is 0 Å². The number of hydrogen-bond acceptors (Lipinski definition) is 4. The number of amidine groups is 2. The first kappa shape index (κ1) is 25.9. The van der Waals surface area contributed by atoms with E-state index in [1.165, 1.54) is 12.1 Å². The van der Waals surface area contributed by atoms with Gasteiger partial charge in [0, 0.05) is 24.9 Å². The second-order valence-electron chi connectivity index (χ2n) is 8.49. The Morgan fingerprint density at radius 2 is 1.86 bits per heavy atom. The van der Waals surface area contributed by atoms with E-state index >= 15 is 0 Å². The number of piperidine rings is 1. The Hall–Kier alpha value is -3.68. The largest absolute Gasteiger partial charge is 0.487 e. The Kier molecular flexibility index (Phi) is 9.00. The molecule has 2 aromatic carbocycles. The number of ether oxygens (including phenoxy) is 1. The second kappa shape index (κ2) is 12.1. The van der Waals surface area contributed by atoms with Gasteiger partial charge >= 0.3 is 0 Å². The molecule has 0 radical (unpaired) electrons. The lowest BCUT2D eigenvalue weighted by molar-refractivity contribution is 0.172. The molecule has 1 heterocycles. The normalized spacial score (nSPS) is 15.1. The summed E-state index contributed by atoms with van der Waals surface area (Å²) in [5.74, 6) is -0.998. The molecule has 0 aromatic heterocycles. The minimum Gasteiger partial charge on any atom is -0.487 e. The van der Waals surface area contributed by atoms with Crippen molar-refractivity contribution in [3.05, 3.63) is 78.0 Å². The number of allylic oxidation sites excluding steroid dienone is 2. The molecule has 0 bridgehead atoms. The number of halogens is 2. The van der Waals surface area contributed by atoms with E-state index < -0.39 is 11.6 Å². The molecular formula is C27H31F2N5O. The van der Waals surface area contributed by atoms with Crippen LogP contribution in [0.4, 0.5) is 8.78 Å². The fourth-order valence-corrected chi connectivity index (χ4v) is 3.95. The molecule has 2 aromatic rings. The summed E-state index contributed by atoms with van der Waals surface area (Å²) in [7, 11) is 0. The smallest absolute Gasteiger partial charge is 0.190 e. The fraction of sp³-hybridized carbons (Fsp3) is 0.333. The summed E-state index contributed by atoms with van der Waals surface area (Å²) in [6.45, 7) is 9.70. The zero-order valence-corrected chi connectivity index (χ0v) is 20.2. The Balaban J connectivity index is 1.61. The third kappa shape index (κ3) is 6.68. The molecule has 6 nitrogen and oxygen atoms in total. The molecule has 0 spiro atoms. The van der Waals surface area contributed by atoms with Crippen molar-refractivity contribution in [2.24, 2.45) is 16.0 Å². The summed E-state index contributed by atoms with van der Waals surface area (Å²) in [4.78, 5) is 6.75. The third-order valence-electron chi connectivity index (χ3n) is 6.20. The van der Waals surface area contributed by atoms with E-state index in [0.29, 0.717) is 16.7 Å². The maximum absolute atomic E-state index is 14.8. The van der Waals surface area contributed by atoms with Crippen molar-refractivity contribution in [1.82, 2.24) is 4.90 Å². The number of nitrogens with zero attached hydrogens (tertiary/aromatic N) is 3. The quantitative estimate of drug-likeness (QED) is 0.185. The van der Waals surface area contributed by atoms with Crippen LogP contribution in [0, 0.1) is 28.5 Å². The van der Waals surface area contributed by atoms with Gasteiger partial charge in [0.05, 0.1) is 6.61 Å². The van der Waals surface area contributed by atoms with Crippen LogP contribution in [0.5, 0.6) is 5.75 Å². The summed E-state index contributed by atoms with van der Waals surface area (Å²) < 4.78 is 35.1. The highest BCUT2D eigenvalue weighted by atomic mass is 19.1. The highest BCUT2D eigenvalue weighted by molar-refractivity contribution is 5.97. The van der Waals surface area contributed by atoms with Crippen molar-refractivity contribution < 1.29 is 13.5 Å². The molecule has 184 valence electrons. The molecule has 0 saturated carbocycles. The molecule has 8 heteroatoms. The standard InChI is InChI=1S/C27H31F2N5O/c1-4-19(5-2)16-32-18(3)34-11-9-20(10-12-34)17-35-26-24(28)14-23(15-25(26)29)21-7-6-8-22(13-21)27(30)33-31/h4,6-8,13-16,20,30-31H,1,5,9-12,17H2,2-3H3/b19-16+,30-27?,32-18?,33-31?. The predicted octanol–water partition coefficient (Wildman–Crippen LogP) is 6.98. The molecule has 3 rings (SSSR count). The summed E-state index contributed by atoms with van der Waals surface area (Å²) in [6, 6.07) is 8.98. The van der Waals surface area contributed by atoms with Crippen LogP contribution in [0.25, 0.3) is 11.1 Å². The fourth-order valence-electron chi connectivity index (χ4n) is 3.95. The molecule has 2 N–H and O–H groups in total. The highest BCUT2D eigenvalue weighted by Crippen LogP contribution is 2.30. The van der Waals surface area contributed by atoms with Gasteiger partial charge in [-0.15, -0.1) is 5.11 Å². The minimum absolute atomic E-state index is 0.198. The Bertz CT molecular complexity index is 1130. The Morgan fingerprint density at radius 3 is 2.46 bits per heavy atom. The predicted molar refractivity (Wildman–Crippen MR) is 135 cm³/mol. The van der Waals surface area contributed by atoms with Crippen LogP contribution in [0.3, 0.4) is 0 Å². The van der Waals surface area contributed by atoms with Gasteiger partial charge in [-0.1, -0.05) is 37.8 Å². The average molecular weight is 480 g/mol. The van der Waals surface area contributed by atoms with E-state index in [1.807, 2.05) is 19.2 Å². The van der Waals surface area contributed by atoms with Crippen molar-refractivity contribution in [2.75, 3.05) is 19.7 Å². The molecule has 1 aliphatic heterocycles. The summed E-state index contributed by atoms with van der Waals surface area (Å²) in [6.07, 6.45) is 6.23. The van der Waals surface area contributed by atoms with Crippen LogP contribution >= 0.6 is 0 Å². The monoisotopic (exact) mass is 479 g/mol. The number of aliphatic imine (C=N–C) groups is 1. The zero-order valence-electron chi connectivity index (χ0n) is 20.2. The van der Waals surface area contributed by atoms with Gasteiger partial charge in [0.15, 0.2) is 23.2 Å².